The zero-order valence-corrected chi connectivity index (χ0v) is 10.7. The van der Waals surface area contributed by atoms with Crippen LogP contribution in [0, 0.1) is 0 Å². The van der Waals surface area contributed by atoms with Crippen LogP contribution in [0.3, 0.4) is 0 Å². The number of sulfonamides is 1. The molecule has 0 unspecified atom stereocenters. The summed E-state index contributed by atoms with van der Waals surface area (Å²) in [7, 11) is -3.68. The molecule has 1 aromatic heterocycles. The zero-order valence-electron chi connectivity index (χ0n) is 9.17. The van der Waals surface area contributed by atoms with Gasteiger partial charge in [0, 0.05) is 17.4 Å². The van der Waals surface area contributed by atoms with Gasteiger partial charge >= 0.3 is 0 Å². The van der Waals surface area contributed by atoms with E-state index in [1.165, 1.54) is 30.6 Å². The fraction of sp³-hybridized carbons (Fsp3) is 0. The number of nitrogens with two attached hydrogens (primary N) is 1. The van der Waals surface area contributed by atoms with E-state index in [1.807, 2.05) is 0 Å². The number of hydrogen-bond acceptors (Lipinski definition) is 4. The van der Waals surface area contributed by atoms with Crippen molar-refractivity contribution in [2.75, 3.05) is 10.5 Å². The van der Waals surface area contributed by atoms with Gasteiger partial charge in [-0.05, 0) is 30.3 Å². The molecule has 0 radical (unpaired) electrons. The lowest BCUT2D eigenvalue weighted by molar-refractivity contribution is 0.601. The van der Waals surface area contributed by atoms with Crippen molar-refractivity contribution in [2.45, 2.75) is 4.90 Å². The standard InChI is InChI=1S/C11H10ClN3O2S/c12-8-3-4-11(10(13)6-8)15-18(16,17)9-2-1-5-14-7-9/h1-7,15H,13H2. The zero-order chi connectivity index (χ0) is 13.2. The number of benzene rings is 1. The van der Waals surface area contributed by atoms with Crippen LogP contribution in [0.1, 0.15) is 0 Å². The fourth-order valence-corrected chi connectivity index (χ4v) is 2.57. The number of aromatic nitrogens is 1. The lowest BCUT2D eigenvalue weighted by Gasteiger charge is -2.10. The van der Waals surface area contributed by atoms with E-state index < -0.39 is 10.0 Å². The van der Waals surface area contributed by atoms with Gasteiger partial charge < -0.3 is 5.73 Å². The van der Waals surface area contributed by atoms with Crippen molar-refractivity contribution in [3.05, 3.63) is 47.7 Å². The van der Waals surface area contributed by atoms with E-state index in [0.717, 1.165) is 0 Å². The smallest absolute Gasteiger partial charge is 0.263 e. The highest BCUT2D eigenvalue weighted by Gasteiger charge is 2.15. The summed E-state index contributed by atoms with van der Waals surface area (Å²) in [5.74, 6) is 0. The molecule has 2 rings (SSSR count). The number of pyridine rings is 1. The number of nitrogen functional groups attached to an aromatic ring is 1. The summed E-state index contributed by atoms with van der Waals surface area (Å²) in [6.45, 7) is 0. The Morgan fingerprint density at radius 2 is 2.06 bits per heavy atom. The van der Waals surface area contributed by atoms with Gasteiger partial charge in [0.25, 0.3) is 10.0 Å². The number of nitrogens with one attached hydrogen (secondary N) is 1. The summed E-state index contributed by atoms with van der Waals surface area (Å²) in [6, 6.07) is 7.52. The van der Waals surface area contributed by atoms with Crippen LogP contribution in [0.4, 0.5) is 11.4 Å². The van der Waals surface area contributed by atoms with E-state index in [2.05, 4.69) is 9.71 Å². The molecule has 0 aliphatic heterocycles. The minimum atomic E-state index is -3.68. The molecule has 7 heteroatoms. The topological polar surface area (TPSA) is 85.1 Å². The van der Waals surface area contributed by atoms with Gasteiger partial charge in [-0.3, -0.25) is 9.71 Å². The summed E-state index contributed by atoms with van der Waals surface area (Å²) in [5.41, 5.74) is 6.22. The molecule has 0 saturated carbocycles. The molecule has 0 spiro atoms. The lowest BCUT2D eigenvalue weighted by Crippen LogP contribution is -2.14. The average molecular weight is 284 g/mol. The quantitative estimate of drug-likeness (QED) is 0.845. The Hall–Kier alpha value is -1.79. The van der Waals surface area contributed by atoms with E-state index in [1.54, 1.807) is 12.1 Å². The van der Waals surface area contributed by atoms with E-state index in [9.17, 15) is 8.42 Å². The molecule has 0 aliphatic carbocycles. The van der Waals surface area contributed by atoms with Gasteiger partial charge in [0.05, 0.1) is 11.4 Å². The van der Waals surface area contributed by atoms with Crippen LogP contribution < -0.4 is 10.5 Å². The van der Waals surface area contributed by atoms with E-state index in [-0.39, 0.29) is 16.3 Å². The molecule has 0 aliphatic rings. The van der Waals surface area contributed by atoms with E-state index in [0.29, 0.717) is 5.02 Å². The number of anilines is 2. The summed E-state index contributed by atoms with van der Waals surface area (Å²) >= 11 is 5.74. The Bertz CT molecular complexity index is 659. The Labute approximate surface area is 110 Å². The summed E-state index contributed by atoms with van der Waals surface area (Å²) < 4.78 is 26.4. The van der Waals surface area contributed by atoms with Gasteiger partial charge in [-0.2, -0.15) is 0 Å². The maximum absolute atomic E-state index is 12.0. The number of halogens is 1. The molecule has 0 saturated heterocycles. The third kappa shape index (κ3) is 2.72. The lowest BCUT2D eigenvalue weighted by atomic mass is 10.3. The van der Waals surface area contributed by atoms with Gasteiger partial charge in [-0.15, -0.1) is 0 Å². The van der Waals surface area contributed by atoms with Crippen molar-refractivity contribution in [3.63, 3.8) is 0 Å². The third-order valence-electron chi connectivity index (χ3n) is 2.20. The van der Waals surface area contributed by atoms with Crippen molar-refractivity contribution in [1.29, 1.82) is 0 Å². The summed E-state index contributed by atoms with van der Waals surface area (Å²) in [6.07, 6.45) is 2.75. The largest absolute Gasteiger partial charge is 0.397 e. The Morgan fingerprint density at radius 1 is 1.28 bits per heavy atom. The highest BCUT2D eigenvalue weighted by Crippen LogP contribution is 2.25. The molecule has 18 heavy (non-hydrogen) atoms. The molecular formula is C11H10ClN3O2S. The maximum Gasteiger partial charge on any atom is 0.263 e. The molecule has 0 amide bonds. The van der Waals surface area contributed by atoms with Crippen molar-refractivity contribution in [2.24, 2.45) is 0 Å². The predicted molar refractivity (Wildman–Crippen MR) is 70.9 cm³/mol. The van der Waals surface area contributed by atoms with Gasteiger partial charge in [0.15, 0.2) is 0 Å². The highest BCUT2D eigenvalue weighted by molar-refractivity contribution is 7.92. The minimum absolute atomic E-state index is 0.0688. The first-order chi connectivity index (χ1) is 8.49. The molecule has 1 heterocycles. The third-order valence-corrected chi connectivity index (χ3v) is 3.79. The number of rotatable bonds is 3. The van der Waals surface area contributed by atoms with Gasteiger partial charge in [0.1, 0.15) is 4.90 Å². The minimum Gasteiger partial charge on any atom is -0.397 e. The SMILES string of the molecule is Nc1cc(Cl)ccc1NS(=O)(=O)c1cccnc1. The van der Waals surface area contributed by atoms with Crippen LogP contribution in [0.15, 0.2) is 47.6 Å². The second kappa shape index (κ2) is 4.83. The first-order valence-electron chi connectivity index (χ1n) is 4.97. The molecule has 3 N–H and O–H groups in total. The highest BCUT2D eigenvalue weighted by atomic mass is 35.5. The molecule has 0 atom stereocenters. The van der Waals surface area contributed by atoms with Crippen LogP contribution >= 0.6 is 11.6 Å². The van der Waals surface area contributed by atoms with Crippen LogP contribution in [-0.2, 0) is 10.0 Å². The number of hydrogen-bond donors (Lipinski definition) is 2. The second-order valence-electron chi connectivity index (χ2n) is 3.53. The molecule has 0 fully saturated rings. The van der Waals surface area contributed by atoms with Gasteiger partial charge in [0.2, 0.25) is 0 Å². The van der Waals surface area contributed by atoms with Crippen molar-refractivity contribution in [1.82, 2.24) is 4.98 Å². The van der Waals surface area contributed by atoms with Crippen molar-refractivity contribution < 1.29 is 8.42 Å². The van der Waals surface area contributed by atoms with E-state index >= 15 is 0 Å². The number of nitrogens with zero attached hydrogens (tertiary/aromatic N) is 1. The second-order valence-corrected chi connectivity index (χ2v) is 5.64. The monoisotopic (exact) mass is 283 g/mol. The first-order valence-corrected chi connectivity index (χ1v) is 6.83. The van der Waals surface area contributed by atoms with Crippen molar-refractivity contribution in [3.8, 4) is 0 Å². The van der Waals surface area contributed by atoms with Crippen LogP contribution in [0.2, 0.25) is 5.02 Å². The Morgan fingerprint density at radius 3 is 2.67 bits per heavy atom. The molecule has 94 valence electrons. The molecule has 5 nitrogen and oxygen atoms in total. The average Bonchev–Trinajstić information content (AvgIpc) is 2.34. The predicted octanol–water partition coefficient (Wildman–Crippen LogP) is 2.12. The van der Waals surface area contributed by atoms with Crippen LogP contribution in [0.5, 0.6) is 0 Å². The van der Waals surface area contributed by atoms with Gasteiger partial charge in [-0.25, -0.2) is 8.42 Å². The molecule has 1 aromatic carbocycles. The van der Waals surface area contributed by atoms with Crippen molar-refractivity contribution >= 4 is 33.0 Å². The molecule has 2 aromatic rings. The first kappa shape index (κ1) is 12.7. The summed E-state index contributed by atoms with van der Waals surface area (Å²) in [5, 5.41) is 0.442. The van der Waals surface area contributed by atoms with E-state index in [4.69, 9.17) is 17.3 Å². The molecule has 0 bridgehead atoms. The normalized spacial score (nSPS) is 11.2. The van der Waals surface area contributed by atoms with Crippen LogP contribution in [-0.4, -0.2) is 13.4 Å². The Kier molecular flexibility index (Phi) is 3.40. The van der Waals surface area contributed by atoms with Crippen LogP contribution in [0.25, 0.3) is 0 Å². The summed E-state index contributed by atoms with van der Waals surface area (Å²) in [4.78, 5) is 3.83. The van der Waals surface area contributed by atoms with Gasteiger partial charge in [-0.1, -0.05) is 11.6 Å². The maximum atomic E-state index is 12.0. The fourth-order valence-electron chi connectivity index (χ4n) is 1.34. The molecular weight excluding hydrogens is 274 g/mol. The Balaban J connectivity index is 2.34.